The van der Waals surface area contributed by atoms with Crippen molar-refractivity contribution in [2.24, 2.45) is 0 Å². The summed E-state index contributed by atoms with van der Waals surface area (Å²) >= 11 is 6.27. The van der Waals surface area contributed by atoms with Crippen molar-refractivity contribution in [1.29, 1.82) is 0 Å². The molecule has 1 atom stereocenters. The minimum atomic E-state index is -3.68. The van der Waals surface area contributed by atoms with Gasteiger partial charge < -0.3 is 20.0 Å². The highest BCUT2D eigenvalue weighted by Crippen LogP contribution is 2.47. The molecule has 2 heterocycles. The lowest BCUT2D eigenvalue weighted by atomic mass is 10.0. The fraction of sp³-hybridized carbons (Fsp3) is 0.200. The van der Waals surface area contributed by atoms with Crippen molar-refractivity contribution >= 4 is 46.4 Å². The number of rotatable bonds is 7. The molecule has 176 valence electrons. The van der Waals surface area contributed by atoms with Crippen LogP contribution in [0.5, 0.6) is 0 Å². The van der Waals surface area contributed by atoms with E-state index in [0.29, 0.717) is 26.0 Å². The second kappa shape index (κ2) is 9.63. The van der Waals surface area contributed by atoms with Gasteiger partial charge in [0.05, 0.1) is 5.30 Å². The molecule has 4 rings (SSSR count). The summed E-state index contributed by atoms with van der Waals surface area (Å²) in [5, 5.41) is 15.9. The third-order valence-electron chi connectivity index (χ3n) is 5.71. The molecule has 0 spiro atoms. The van der Waals surface area contributed by atoms with E-state index in [4.69, 9.17) is 16.1 Å². The number of nitrogens with one attached hydrogen (secondary N) is 2. The molecule has 0 fully saturated rings. The number of benzene rings is 2. The number of nitrogens with zero attached hydrogens (tertiary/aromatic N) is 1. The minimum Gasteiger partial charge on any atom is -0.619 e. The van der Waals surface area contributed by atoms with E-state index in [1.54, 1.807) is 36.4 Å². The fourth-order valence-electron chi connectivity index (χ4n) is 3.85. The van der Waals surface area contributed by atoms with E-state index >= 15 is 0 Å². The van der Waals surface area contributed by atoms with Crippen LogP contribution >= 0.6 is 19.0 Å². The third-order valence-corrected chi connectivity index (χ3v) is 8.47. The zero-order valence-corrected chi connectivity index (χ0v) is 20.7. The normalized spacial score (nSPS) is 13.2. The number of amides is 1. The van der Waals surface area contributed by atoms with Gasteiger partial charge in [0, 0.05) is 47.0 Å². The SMILES string of the molecule is COP(=O)(c1cccc(C(C)C)c1)c1c(C(=O)NCc2cc[n+]([O-])cc2)[nH]c2ccc(Cl)cc12. The molecule has 0 radical (unpaired) electrons. The highest BCUT2D eigenvalue weighted by atomic mass is 35.5. The number of H-pyrrole nitrogens is 1. The first-order valence-electron chi connectivity index (χ1n) is 10.8. The van der Waals surface area contributed by atoms with Gasteiger partial charge in [-0.05, 0) is 47.4 Å². The summed E-state index contributed by atoms with van der Waals surface area (Å²) in [5.41, 5.74) is 2.53. The van der Waals surface area contributed by atoms with E-state index < -0.39 is 13.3 Å². The highest BCUT2D eigenvalue weighted by Gasteiger charge is 2.36. The fourth-order valence-corrected chi connectivity index (χ4v) is 6.22. The Morgan fingerprint density at radius 2 is 1.91 bits per heavy atom. The molecule has 4 aromatic rings. The van der Waals surface area contributed by atoms with E-state index in [0.717, 1.165) is 11.1 Å². The molecule has 0 bridgehead atoms. The predicted molar refractivity (Wildman–Crippen MR) is 134 cm³/mol. The second-order valence-corrected chi connectivity index (χ2v) is 11.1. The van der Waals surface area contributed by atoms with Crippen LogP contribution in [0.15, 0.2) is 67.0 Å². The summed E-state index contributed by atoms with van der Waals surface area (Å²) in [4.78, 5) is 16.4. The summed E-state index contributed by atoms with van der Waals surface area (Å²) in [6.45, 7) is 4.30. The molecule has 7 nitrogen and oxygen atoms in total. The van der Waals surface area contributed by atoms with Crippen LogP contribution in [0.1, 0.15) is 41.4 Å². The maximum atomic E-state index is 14.5. The van der Waals surface area contributed by atoms with Crippen molar-refractivity contribution in [2.75, 3.05) is 7.11 Å². The van der Waals surface area contributed by atoms with Gasteiger partial charge in [-0.25, -0.2) is 0 Å². The first kappa shape index (κ1) is 24.0. The molecule has 1 amide bonds. The quantitative estimate of drug-likeness (QED) is 0.225. The first-order chi connectivity index (χ1) is 16.2. The Hall–Kier alpha value is -3.12. The standard InChI is InChI=1S/C25H25ClN3O4P/c1-16(2)18-5-4-6-20(13-18)34(32,33-3)24-21-14-19(26)7-8-22(21)28-23(24)25(30)27-15-17-9-11-29(31)12-10-17/h4-14,16,28H,15H2,1-3H3,(H,27,30). The lowest BCUT2D eigenvalue weighted by Gasteiger charge is -2.19. The van der Waals surface area contributed by atoms with Gasteiger partial charge in [-0.1, -0.05) is 37.6 Å². The van der Waals surface area contributed by atoms with Gasteiger partial charge in [-0.3, -0.25) is 9.36 Å². The van der Waals surface area contributed by atoms with Crippen LogP contribution in [0.3, 0.4) is 0 Å². The highest BCUT2D eigenvalue weighted by molar-refractivity contribution is 7.75. The van der Waals surface area contributed by atoms with Crippen molar-refractivity contribution in [3.8, 4) is 0 Å². The van der Waals surface area contributed by atoms with Crippen LogP contribution in [0.4, 0.5) is 0 Å². The number of pyridine rings is 1. The molecule has 1 unspecified atom stereocenters. The van der Waals surface area contributed by atoms with Crippen molar-refractivity contribution in [2.45, 2.75) is 26.3 Å². The van der Waals surface area contributed by atoms with Gasteiger partial charge in [0.2, 0.25) is 0 Å². The molecule has 0 aliphatic carbocycles. The molecule has 0 aliphatic rings. The number of aromatic nitrogens is 2. The van der Waals surface area contributed by atoms with Crippen LogP contribution in [0, 0.1) is 5.21 Å². The summed E-state index contributed by atoms with van der Waals surface area (Å²) in [6, 6.07) is 15.8. The van der Waals surface area contributed by atoms with Crippen LogP contribution in [-0.2, 0) is 15.6 Å². The average Bonchev–Trinajstić information content (AvgIpc) is 3.22. The number of aromatic amines is 1. The van der Waals surface area contributed by atoms with E-state index in [1.165, 1.54) is 19.5 Å². The Kier molecular flexibility index (Phi) is 6.80. The van der Waals surface area contributed by atoms with Gasteiger partial charge >= 0.3 is 0 Å². The molecule has 34 heavy (non-hydrogen) atoms. The topological polar surface area (TPSA) is 98.1 Å². The van der Waals surface area contributed by atoms with Crippen LogP contribution in [0.2, 0.25) is 5.02 Å². The minimum absolute atomic E-state index is 0.146. The van der Waals surface area contributed by atoms with E-state index in [2.05, 4.69) is 24.1 Å². The zero-order valence-electron chi connectivity index (χ0n) is 19.0. The van der Waals surface area contributed by atoms with Gasteiger partial charge in [-0.2, -0.15) is 4.73 Å². The monoisotopic (exact) mass is 497 g/mol. The lowest BCUT2D eigenvalue weighted by Crippen LogP contribution is -2.30. The molecular formula is C25H25ClN3O4P. The van der Waals surface area contributed by atoms with Gasteiger partial charge in [0.15, 0.2) is 12.4 Å². The Balaban J connectivity index is 1.83. The van der Waals surface area contributed by atoms with Crippen LogP contribution < -0.4 is 20.7 Å². The molecule has 0 saturated heterocycles. The number of carbonyl (C=O) groups is 1. The predicted octanol–water partition coefficient (Wildman–Crippen LogP) is 4.38. The number of hydrogen-bond donors (Lipinski definition) is 2. The lowest BCUT2D eigenvalue weighted by molar-refractivity contribution is -0.605. The molecular weight excluding hydrogens is 473 g/mol. The van der Waals surface area contributed by atoms with Gasteiger partial charge in [-0.15, -0.1) is 0 Å². The number of hydrogen-bond acceptors (Lipinski definition) is 4. The van der Waals surface area contributed by atoms with Crippen molar-refractivity contribution in [3.63, 3.8) is 0 Å². The first-order valence-corrected chi connectivity index (χ1v) is 12.8. The third kappa shape index (κ3) is 4.60. The molecule has 9 heteroatoms. The largest absolute Gasteiger partial charge is 0.619 e. The van der Waals surface area contributed by atoms with Crippen LogP contribution in [-0.4, -0.2) is 18.0 Å². The second-order valence-electron chi connectivity index (χ2n) is 8.27. The summed E-state index contributed by atoms with van der Waals surface area (Å²) < 4.78 is 20.8. The Morgan fingerprint density at radius 1 is 1.18 bits per heavy atom. The van der Waals surface area contributed by atoms with Crippen molar-refractivity contribution in [3.05, 3.63) is 94.0 Å². The molecule has 0 saturated carbocycles. The van der Waals surface area contributed by atoms with E-state index in [1.807, 2.05) is 18.2 Å². The number of carbonyl (C=O) groups excluding carboxylic acids is 1. The maximum absolute atomic E-state index is 14.5. The van der Waals surface area contributed by atoms with Gasteiger partial charge in [0.1, 0.15) is 5.69 Å². The Bertz CT molecular complexity index is 1400. The number of halogens is 1. The van der Waals surface area contributed by atoms with E-state index in [9.17, 15) is 14.6 Å². The Morgan fingerprint density at radius 3 is 2.59 bits per heavy atom. The van der Waals surface area contributed by atoms with E-state index in [-0.39, 0.29) is 23.5 Å². The smallest absolute Gasteiger partial charge is 0.268 e. The Labute approximate surface area is 202 Å². The van der Waals surface area contributed by atoms with Crippen LogP contribution in [0.25, 0.3) is 10.9 Å². The molecule has 2 aromatic heterocycles. The summed E-state index contributed by atoms with van der Waals surface area (Å²) in [6.07, 6.45) is 2.72. The summed E-state index contributed by atoms with van der Waals surface area (Å²) in [5.74, 6) is -0.220. The van der Waals surface area contributed by atoms with Crippen molar-refractivity contribution in [1.82, 2.24) is 10.3 Å². The molecule has 2 N–H and O–H groups in total. The number of fused-ring (bicyclic) bond motifs is 1. The molecule has 0 aliphatic heterocycles. The maximum Gasteiger partial charge on any atom is 0.268 e. The molecule has 2 aromatic carbocycles. The average molecular weight is 498 g/mol. The summed E-state index contributed by atoms with van der Waals surface area (Å²) in [7, 11) is -2.29. The van der Waals surface area contributed by atoms with Crippen molar-refractivity contribution < 1.29 is 18.6 Å². The van der Waals surface area contributed by atoms with Gasteiger partial charge in [0.25, 0.3) is 13.3 Å². The zero-order chi connectivity index (χ0) is 24.5.